The van der Waals surface area contributed by atoms with E-state index in [0.29, 0.717) is 23.0 Å². The van der Waals surface area contributed by atoms with E-state index in [1.54, 1.807) is 12.1 Å². The van der Waals surface area contributed by atoms with E-state index in [1.807, 2.05) is 6.07 Å². The highest BCUT2D eigenvalue weighted by atomic mass is 35.5. The second-order valence-electron chi connectivity index (χ2n) is 5.79. The van der Waals surface area contributed by atoms with Crippen molar-refractivity contribution in [2.45, 2.75) is 26.2 Å². The van der Waals surface area contributed by atoms with Crippen molar-refractivity contribution in [1.29, 1.82) is 0 Å². The lowest BCUT2D eigenvalue weighted by Gasteiger charge is -2.34. The van der Waals surface area contributed by atoms with E-state index in [-0.39, 0.29) is 11.3 Å². The molecular weight excluding hydrogens is 295 g/mol. The summed E-state index contributed by atoms with van der Waals surface area (Å²) in [4.78, 5) is 12.0. The first-order valence-corrected chi connectivity index (χ1v) is 7.65. The molecule has 0 radical (unpaired) electrons. The maximum Gasteiger partial charge on any atom is 0.224 e. The monoisotopic (exact) mass is 314 g/mol. The largest absolute Gasteiger partial charge is 0.355 e. The van der Waals surface area contributed by atoms with Crippen LogP contribution in [0.15, 0.2) is 18.2 Å². The van der Waals surface area contributed by atoms with Crippen LogP contribution in [0, 0.1) is 5.41 Å². The number of hydrogen-bond donors (Lipinski definition) is 2. The van der Waals surface area contributed by atoms with Gasteiger partial charge in [0, 0.05) is 13.1 Å². The molecule has 1 atom stereocenters. The zero-order valence-corrected chi connectivity index (χ0v) is 13.2. The average molecular weight is 315 g/mol. The first kappa shape index (κ1) is 15.6. The van der Waals surface area contributed by atoms with Crippen molar-refractivity contribution in [2.24, 2.45) is 5.41 Å². The smallest absolute Gasteiger partial charge is 0.224 e. The maximum absolute atomic E-state index is 12.0. The average Bonchev–Trinajstić information content (AvgIpc) is 2.42. The van der Waals surface area contributed by atoms with Crippen molar-refractivity contribution in [2.75, 3.05) is 19.6 Å². The zero-order chi connectivity index (χ0) is 14.6. The number of hydrogen-bond acceptors (Lipinski definition) is 2. The summed E-state index contributed by atoms with van der Waals surface area (Å²) in [6.07, 6.45) is 2.65. The fourth-order valence-corrected chi connectivity index (χ4v) is 2.80. The van der Waals surface area contributed by atoms with Crippen LogP contribution in [0.3, 0.4) is 0 Å². The maximum atomic E-state index is 12.0. The molecule has 3 nitrogen and oxygen atoms in total. The van der Waals surface area contributed by atoms with Gasteiger partial charge in [0.15, 0.2) is 0 Å². The minimum Gasteiger partial charge on any atom is -0.355 e. The van der Waals surface area contributed by atoms with E-state index in [2.05, 4.69) is 17.6 Å². The molecule has 0 aromatic heterocycles. The van der Waals surface area contributed by atoms with Gasteiger partial charge in [0.2, 0.25) is 5.91 Å². The van der Waals surface area contributed by atoms with Gasteiger partial charge < -0.3 is 10.6 Å². The van der Waals surface area contributed by atoms with Gasteiger partial charge >= 0.3 is 0 Å². The van der Waals surface area contributed by atoms with E-state index < -0.39 is 0 Å². The predicted molar refractivity (Wildman–Crippen MR) is 83.4 cm³/mol. The number of halogens is 2. The summed E-state index contributed by atoms with van der Waals surface area (Å²) in [6, 6.07) is 5.30. The van der Waals surface area contributed by atoms with Crippen molar-refractivity contribution in [3.05, 3.63) is 33.8 Å². The van der Waals surface area contributed by atoms with Crippen LogP contribution in [0.5, 0.6) is 0 Å². The predicted octanol–water partition coefficient (Wildman–Crippen LogP) is 3.04. The number of benzene rings is 1. The summed E-state index contributed by atoms with van der Waals surface area (Å²) in [5.74, 6) is 0.0233. The normalized spacial score (nSPS) is 22.6. The summed E-state index contributed by atoms with van der Waals surface area (Å²) in [6.45, 7) is 4.95. The lowest BCUT2D eigenvalue weighted by molar-refractivity contribution is -0.121. The molecule has 1 amide bonds. The number of piperidine rings is 1. The van der Waals surface area contributed by atoms with Crippen molar-refractivity contribution >= 4 is 29.1 Å². The minimum atomic E-state index is 0.0233. The first-order chi connectivity index (χ1) is 9.48. The molecular formula is C15H20Cl2N2O. The number of nitrogens with one attached hydrogen (secondary N) is 2. The Morgan fingerprint density at radius 2 is 2.20 bits per heavy atom. The van der Waals surface area contributed by atoms with Gasteiger partial charge in [-0.2, -0.15) is 0 Å². The molecule has 110 valence electrons. The molecule has 1 aromatic rings. The van der Waals surface area contributed by atoms with Crippen molar-refractivity contribution in [3.63, 3.8) is 0 Å². The van der Waals surface area contributed by atoms with Crippen molar-refractivity contribution < 1.29 is 4.79 Å². The van der Waals surface area contributed by atoms with E-state index in [1.165, 1.54) is 6.42 Å². The van der Waals surface area contributed by atoms with Gasteiger partial charge in [-0.1, -0.05) is 36.2 Å². The number of rotatable bonds is 4. The summed E-state index contributed by atoms with van der Waals surface area (Å²) in [7, 11) is 0. The molecule has 5 heteroatoms. The van der Waals surface area contributed by atoms with Crippen LogP contribution >= 0.6 is 23.2 Å². The highest BCUT2D eigenvalue weighted by Gasteiger charge is 2.26. The summed E-state index contributed by atoms with van der Waals surface area (Å²) >= 11 is 11.8. The Kier molecular flexibility index (Phi) is 5.30. The van der Waals surface area contributed by atoms with Crippen LogP contribution in [0.25, 0.3) is 0 Å². The molecule has 0 aliphatic carbocycles. The molecule has 1 aliphatic rings. The molecule has 1 aromatic carbocycles. The fraction of sp³-hybridized carbons (Fsp3) is 0.533. The number of carbonyl (C=O) groups is 1. The summed E-state index contributed by atoms with van der Waals surface area (Å²) in [5.41, 5.74) is 1.04. The second kappa shape index (κ2) is 6.79. The molecule has 2 N–H and O–H groups in total. The first-order valence-electron chi connectivity index (χ1n) is 6.90. The highest BCUT2D eigenvalue weighted by Crippen LogP contribution is 2.25. The molecule has 20 heavy (non-hydrogen) atoms. The van der Waals surface area contributed by atoms with Crippen LogP contribution in [0.4, 0.5) is 0 Å². The molecule has 1 aliphatic heterocycles. The van der Waals surface area contributed by atoms with Gasteiger partial charge in [0.25, 0.3) is 0 Å². The highest BCUT2D eigenvalue weighted by molar-refractivity contribution is 6.42. The zero-order valence-electron chi connectivity index (χ0n) is 11.6. The topological polar surface area (TPSA) is 41.1 Å². The molecule has 2 rings (SSSR count). The van der Waals surface area contributed by atoms with Crippen LogP contribution in [0.1, 0.15) is 25.3 Å². The molecule has 1 unspecified atom stereocenters. The Labute approximate surface area is 130 Å². The van der Waals surface area contributed by atoms with E-state index in [0.717, 1.165) is 25.1 Å². The Morgan fingerprint density at radius 3 is 2.85 bits per heavy atom. The molecule has 1 saturated heterocycles. The lowest BCUT2D eigenvalue weighted by atomic mass is 9.83. The van der Waals surface area contributed by atoms with E-state index in [9.17, 15) is 4.79 Å². The van der Waals surface area contributed by atoms with Gasteiger partial charge in [0.1, 0.15) is 0 Å². The summed E-state index contributed by atoms with van der Waals surface area (Å²) < 4.78 is 0. The Bertz CT molecular complexity index is 485. The third-order valence-corrected chi connectivity index (χ3v) is 4.49. The third-order valence-electron chi connectivity index (χ3n) is 3.75. The Hall–Kier alpha value is -0.770. The third kappa shape index (κ3) is 4.37. The van der Waals surface area contributed by atoms with Gasteiger partial charge in [-0.15, -0.1) is 0 Å². The molecule has 0 saturated carbocycles. The molecule has 0 bridgehead atoms. The van der Waals surface area contributed by atoms with Gasteiger partial charge in [0.05, 0.1) is 16.5 Å². The molecule has 0 spiro atoms. The van der Waals surface area contributed by atoms with Crippen LogP contribution in [0.2, 0.25) is 10.0 Å². The summed E-state index contributed by atoms with van der Waals surface area (Å²) in [5, 5.41) is 7.40. The van der Waals surface area contributed by atoms with E-state index in [4.69, 9.17) is 23.2 Å². The fourth-order valence-electron chi connectivity index (χ4n) is 2.48. The number of amides is 1. The SMILES string of the molecule is CC1(CNC(=O)Cc2ccc(Cl)c(Cl)c2)CCCNC1. The van der Waals surface area contributed by atoms with E-state index >= 15 is 0 Å². The quantitative estimate of drug-likeness (QED) is 0.897. The Morgan fingerprint density at radius 1 is 1.40 bits per heavy atom. The van der Waals surface area contributed by atoms with Gasteiger partial charge in [-0.05, 0) is 42.5 Å². The van der Waals surface area contributed by atoms with Crippen molar-refractivity contribution in [3.8, 4) is 0 Å². The van der Waals surface area contributed by atoms with Gasteiger partial charge in [-0.3, -0.25) is 4.79 Å². The number of carbonyl (C=O) groups excluding carboxylic acids is 1. The van der Waals surface area contributed by atoms with Crippen LogP contribution in [-0.2, 0) is 11.2 Å². The van der Waals surface area contributed by atoms with Crippen LogP contribution < -0.4 is 10.6 Å². The van der Waals surface area contributed by atoms with Crippen LogP contribution in [-0.4, -0.2) is 25.5 Å². The molecule has 1 heterocycles. The lowest BCUT2D eigenvalue weighted by Crippen LogP contribution is -2.45. The molecule has 1 fully saturated rings. The standard InChI is InChI=1S/C15H20Cl2N2O/c1-15(5-2-6-18-9-15)10-19-14(20)8-11-3-4-12(16)13(17)7-11/h3-4,7,18H,2,5-6,8-10H2,1H3,(H,19,20). The van der Waals surface area contributed by atoms with Crippen molar-refractivity contribution in [1.82, 2.24) is 10.6 Å². The minimum absolute atomic E-state index is 0.0233. The second-order valence-corrected chi connectivity index (χ2v) is 6.61. The Balaban J connectivity index is 1.84. The van der Waals surface area contributed by atoms with Gasteiger partial charge in [-0.25, -0.2) is 0 Å².